The van der Waals surface area contributed by atoms with Crippen LogP contribution in [0.1, 0.15) is 24.3 Å². The second kappa shape index (κ2) is 5.98. The zero-order valence-electron chi connectivity index (χ0n) is 11.5. The molecule has 2 aromatic heterocycles. The molecule has 0 radical (unpaired) electrons. The van der Waals surface area contributed by atoms with Gasteiger partial charge in [-0.05, 0) is 13.8 Å². The Hall–Kier alpha value is -2.32. The van der Waals surface area contributed by atoms with E-state index in [0.717, 1.165) is 6.07 Å². The van der Waals surface area contributed by atoms with Gasteiger partial charge in [0, 0.05) is 12.6 Å². The number of nitrogens with one attached hydrogen (secondary N) is 2. The third kappa shape index (κ3) is 4.07. The number of aryl methyl sites for hydroxylation is 1. The van der Waals surface area contributed by atoms with E-state index in [-0.39, 0.29) is 18.3 Å². The Morgan fingerprint density at radius 3 is 2.57 bits per heavy atom. The molecule has 2 aromatic rings. The van der Waals surface area contributed by atoms with Crippen LogP contribution in [0.15, 0.2) is 16.7 Å². The molecule has 0 unspecified atom stereocenters. The molecule has 114 valence electrons. The molecule has 0 aliphatic heterocycles. The molecule has 0 amide bonds. The van der Waals surface area contributed by atoms with Gasteiger partial charge in [-0.1, -0.05) is 0 Å². The van der Waals surface area contributed by atoms with E-state index < -0.39 is 11.9 Å². The average Bonchev–Trinajstić information content (AvgIpc) is 2.81. The average molecular weight is 301 g/mol. The minimum absolute atomic E-state index is 0.0455. The maximum atomic E-state index is 12.8. The number of hydrogen-bond acceptors (Lipinski definition) is 6. The normalized spacial score (nSPS) is 11.5. The second-order valence-corrected chi connectivity index (χ2v) is 4.21. The van der Waals surface area contributed by atoms with Crippen molar-refractivity contribution in [2.45, 2.75) is 26.6 Å². The van der Waals surface area contributed by atoms with Crippen molar-refractivity contribution in [3.05, 3.63) is 29.6 Å². The van der Waals surface area contributed by atoms with Crippen molar-refractivity contribution in [1.82, 2.24) is 15.0 Å². The summed E-state index contributed by atoms with van der Waals surface area (Å²) in [4.78, 5) is 11.3. The Kier molecular flexibility index (Phi) is 4.29. The van der Waals surface area contributed by atoms with Crippen LogP contribution < -0.4 is 10.6 Å². The standard InChI is InChI=1S/C12H14F3N5O/c1-3-16-11-19-8(12(13,14)15)4-9(20-11)17-6-10-18-5-7(2)21-10/h4-5H,3,6H2,1-2H3,(H2,16,17,19,20). The molecule has 0 atom stereocenters. The second-order valence-electron chi connectivity index (χ2n) is 4.21. The highest BCUT2D eigenvalue weighted by Gasteiger charge is 2.33. The third-order valence-electron chi connectivity index (χ3n) is 2.44. The zero-order chi connectivity index (χ0) is 15.5. The number of anilines is 2. The molecule has 0 aromatic carbocycles. The summed E-state index contributed by atoms with van der Waals surface area (Å²) in [5.74, 6) is 0.950. The molecular weight excluding hydrogens is 287 g/mol. The first-order valence-electron chi connectivity index (χ1n) is 6.24. The molecular formula is C12H14F3N5O. The summed E-state index contributed by atoms with van der Waals surface area (Å²) in [5, 5.41) is 5.40. The largest absolute Gasteiger partial charge is 0.444 e. The van der Waals surface area contributed by atoms with Crippen LogP contribution in [0.25, 0.3) is 0 Å². The lowest BCUT2D eigenvalue weighted by Gasteiger charge is -2.11. The van der Waals surface area contributed by atoms with Crippen LogP contribution in [0.4, 0.5) is 24.9 Å². The summed E-state index contributed by atoms with van der Waals surface area (Å²) in [7, 11) is 0. The van der Waals surface area contributed by atoms with Gasteiger partial charge in [-0.25, -0.2) is 9.97 Å². The van der Waals surface area contributed by atoms with E-state index in [1.54, 1.807) is 13.8 Å². The summed E-state index contributed by atoms with van der Waals surface area (Å²) in [6.07, 6.45) is -3.01. The van der Waals surface area contributed by atoms with E-state index >= 15 is 0 Å². The van der Waals surface area contributed by atoms with Gasteiger partial charge in [0.15, 0.2) is 5.69 Å². The van der Waals surface area contributed by atoms with Crippen molar-refractivity contribution in [2.75, 3.05) is 17.2 Å². The lowest BCUT2D eigenvalue weighted by atomic mass is 10.3. The summed E-state index contributed by atoms with van der Waals surface area (Å²) in [5.41, 5.74) is -1.01. The van der Waals surface area contributed by atoms with Crippen molar-refractivity contribution >= 4 is 11.8 Å². The number of aromatic nitrogens is 3. The number of oxazole rings is 1. The van der Waals surface area contributed by atoms with Gasteiger partial charge in [-0.2, -0.15) is 18.2 Å². The number of halogens is 3. The predicted octanol–water partition coefficient (Wildman–Crippen LogP) is 2.84. The molecule has 0 saturated carbocycles. The third-order valence-corrected chi connectivity index (χ3v) is 2.44. The lowest BCUT2D eigenvalue weighted by molar-refractivity contribution is -0.141. The molecule has 0 bridgehead atoms. The van der Waals surface area contributed by atoms with Crippen LogP contribution >= 0.6 is 0 Å². The van der Waals surface area contributed by atoms with Gasteiger partial charge >= 0.3 is 6.18 Å². The molecule has 0 spiro atoms. The van der Waals surface area contributed by atoms with Crippen molar-refractivity contribution < 1.29 is 17.6 Å². The van der Waals surface area contributed by atoms with Gasteiger partial charge in [0.25, 0.3) is 0 Å². The van der Waals surface area contributed by atoms with Crippen LogP contribution in [0.5, 0.6) is 0 Å². The van der Waals surface area contributed by atoms with Crippen molar-refractivity contribution in [3.8, 4) is 0 Å². The highest BCUT2D eigenvalue weighted by atomic mass is 19.4. The van der Waals surface area contributed by atoms with Gasteiger partial charge in [0.1, 0.15) is 11.6 Å². The molecule has 2 rings (SSSR count). The van der Waals surface area contributed by atoms with Gasteiger partial charge in [0.2, 0.25) is 11.8 Å². The van der Waals surface area contributed by atoms with Crippen molar-refractivity contribution in [2.24, 2.45) is 0 Å². The summed E-state index contributed by atoms with van der Waals surface area (Å²) in [6, 6.07) is 0.844. The smallest absolute Gasteiger partial charge is 0.433 e. The molecule has 9 heteroatoms. The van der Waals surface area contributed by atoms with Gasteiger partial charge in [0.05, 0.1) is 12.7 Å². The minimum Gasteiger partial charge on any atom is -0.444 e. The summed E-state index contributed by atoms with van der Waals surface area (Å²) >= 11 is 0. The number of nitrogens with zero attached hydrogens (tertiary/aromatic N) is 3. The highest BCUT2D eigenvalue weighted by molar-refractivity contribution is 5.43. The molecule has 2 heterocycles. The van der Waals surface area contributed by atoms with Crippen molar-refractivity contribution in [3.63, 3.8) is 0 Å². The first-order chi connectivity index (χ1) is 9.88. The number of hydrogen-bond donors (Lipinski definition) is 2. The molecule has 0 fully saturated rings. The fourth-order valence-corrected chi connectivity index (χ4v) is 1.57. The van der Waals surface area contributed by atoms with Crippen LogP contribution in [-0.4, -0.2) is 21.5 Å². The van der Waals surface area contributed by atoms with E-state index in [4.69, 9.17) is 4.42 Å². The summed E-state index contributed by atoms with van der Waals surface area (Å²) in [6.45, 7) is 4.02. The molecule has 2 N–H and O–H groups in total. The van der Waals surface area contributed by atoms with Gasteiger partial charge in [-0.15, -0.1) is 0 Å². The molecule has 6 nitrogen and oxygen atoms in total. The summed E-state index contributed by atoms with van der Waals surface area (Å²) < 4.78 is 43.6. The minimum atomic E-state index is -4.54. The SMILES string of the molecule is CCNc1nc(NCc2ncc(C)o2)cc(C(F)(F)F)n1. The first kappa shape index (κ1) is 15.1. The van der Waals surface area contributed by atoms with Crippen LogP contribution in [0.2, 0.25) is 0 Å². The maximum absolute atomic E-state index is 12.8. The van der Waals surface area contributed by atoms with E-state index in [9.17, 15) is 13.2 Å². The molecule has 0 aliphatic carbocycles. The maximum Gasteiger partial charge on any atom is 0.433 e. The Morgan fingerprint density at radius 1 is 1.24 bits per heavy atom. The zero-order valence-corrected chi connectivity index (χ0v) is 11.5. The predicted molar refractivity (Wildman–Crippen MR) is 69.8 cm³/mol. The topological polar surface area (TPSA) is 75.9 Å². The number of rotatable bonds is 5. The number of alkyl halides is 3. The molecule has 21 heavy (non-hydrogen) atoms. The fourth-order valence-electron chi connectivity index (χ4n) is 1.57. The highest BCUT2D eigenvalue weighted by Crippen LogP contribution is 2.29. The fraction of sp³-hybridized carbons (Fsp3) is 0.417. The lowest BCUT2D eigenvalue weighted by Crippen LogP contribution is -2.14. The quantitative estimate of drug-likeness (QED) is 0.884. The Labute approximate surface area is 118 Å². The van der Waals surface area contributed by atoms with E-state index in [2.05, 4.69) is 25.6 Å². The van der Waals surface area contributed by atoms with Gasteiger partial charge in [-0.3, -0.25) is 0 Å². The Bertz CT molecular complexity index is 611. The van der Waals surface area contributed by atoms with Gasteiger partial charge < -0.3 is 15.1 Å². The van der Waals surface area contributed by atoms with Crippen LogP contribution in [0.3, 0.4) is 0 Å². The van der Waals surface area contributed by atoms with E-state index in [1.807, 2.05) is 0 Å². The Balaban J connectivity index is 2.19. The van der Waals surface area contributed by atoms with Crippen LogP contribution in [-0.2, 0) is 12.7 Å². The van der Waals surface area contributed by atoms with E-state index in [1.165, 1.54) is 6.20 Å². The van der Waals surface area contributed by atoms with Crippen molar-refractivity contribution in [1.29, 1.82) is 0 Å². The van der Waals surface area contributed by atoms with E-state index in [0.29, 0.717) is 18.2 Å². The Morgan fingerprint density at radius 2 is 2.00 bits per heavy atom. The molecule has 0 aliphatic rings. The van der Waals surface area contributed by atoms with Crippen LogP contribution in [0, 0.1) is 6.92 Å². The molecule has 0 saturated heterocycles. The monoisotopic (exact) mass is 301 g/mol. The first-order valence-corrected chi connectivity index (χ1v) is 6.24.